The normalized spacial score (nSPS) is 9.27. The van der Waals surface area contributed by atoms with Crippen molar-refractivity contribution in [1.29, 1.82) is 5.26 Å². The first kappa shape index (κ1) is 9.29. The van der Waals surface area contributed by atoms with Crippen LogP contribution in [0.1, 0.15) is 5.56 Å². The molecule has 0 unspecified atom stereocenters. The number of hydrogen-bond acceptors (Lipinski definition) is 2. The SMILES string of the molecule is N#Cc1ccc(Oc2c[c]ccc2)cc1. The van der Waals surface area contributed by atoms with Gasteiger partial charge in [0, 0.05) is 0 Å². The molecule has 15 heavy (non-hydrogen) atoms. The highest BCUT2D eigenvalue weighted by Gasteiger charge is 1.96. The molecule has 1 radical (unpaired) electrons. The molecule has 0 atom stereocenters. The van der Waals surface area contributed by atoms with E-state index in [4.69, 9.17) is 10.00 Å². The van der Waals surface area contributed by atoms with Gasteiger partial charge in [-0.25, -0.2) is 0 Å². The van der Waals surface area contributed by atoms with Gasteiger partial charge in [0.2, 0.25) is 0 Å². The molecule has 0 amide bonds. The summed E-state index contributed by atoms with van der Waals surface area (Å²) < 4.78 is 5.54. The van der Waals surface area contributed by atoms with Crippen molar-refractivity contribution in [1.82, 2.24) is 0 Å². The van der Waals surface area contributed by atoms with Crippen LogP contribution in [0.4, 0.5) is 0 Å². The third kappa shape index (κ3) is 2.35. The fourth-order valence-corrected chi connectivity index (χ4v) is 1.17. The van der Waals surface area contributed by atoms with Crippen molar-refractivity contribution in [3.8, 4) is 17.6 Å². The summed E-state index contributed by atoms with van der Waals surface area (Å²) in [5.74, 6) is 1.45. The van der Waals surface area contributed by atoms with Crippen molar-refractivity contribution in [2.45, 2.75) is 0 Å². The van der Waals surface area contributed by atoms with Crippen molar-refractivity contribution in [2.75, 3.05) is 0 Å². The predicted octanol–water partition coefficient (Wildman–Crippen LogP) is 3.15. The third-order valence-corrected chi connectivity index (χ3v) is 1.90. The number of rotatable bonds is 2. The van der Waals surface area contributed by atoms with Crippen LogP contribution in [0, 0.1) is 17.4 Å². The van der Waals surface area contributed by atoms with Gasteiger partial charge in [-0.05, 0) is 42.5 Å². The average Bonchev–Trinajstić information content (AvgIpc) is 2.31. The van der Waals surface area contributed by atoms with E-state index in [0.29, 0.717) is 11.3 Å². The quantitative estimate of drug-likeness (QED) is 0.735. The Bertz CT molecular complexity index is 468. The Balaban J connectivity index is 2.16. The first-order valence-corrected chi connectivity index (χ1v) is 4.52. The lowest BCUT2D eigenvalue weighted by Gasteiger charge is -2.04. The molecular formula is C13H8NO. The Hall–Kier alpha value is -2.27. The topological polar surface area (TPSA) is 33.0 Å². The number of ether oxygens (including phenoxy) is 1. The van der Waals surface area contributed by atoms with Gasteiger partial charge < -0.3 is 4.74 Å². The zero-order valence-corrected chi connectivity index (χ0v) is 7.97. The number of benzene rings is 2. The van der Waals surface area contributed by atoms with Gasteiger partial charge in [0.05, 0.1) is 11.6 Å². The van der Waals surface area contributed by atoms with E-state index in [1.165, 1.54) is 0 Å². The van der Waals surface area contributed by atoms with Crippen LogP contribution >= 0.6 is 0 Å². The van der Waals surface area contributed by atoms with Crippen LogP contribution < -0.4 is 4.74 Å². The van der Waals surface area contributed by atoms with Gasteiger partial charge in [-0.2, -0.15) is 5.26 Å². The maximum absolute atomic E-state index is 8.62. The highest BCUT2D eigenvalue weighted by atomic mass is 16.5. The second-order valence-corrected chi connectivity index (χ2v) is 2.98. The maximum Gasteiger partial charge on any atom is 0.128 e. The molecule has 0 N–H and O–H groups in total. The van der Waals surface area contributed by atoms with Crippen molar-refractivity contribution in [2.24, 2.45) is 0 Å². The van der Waals surface area contributed by atoms with E-state index in [2.05, 4.69) is 12.1 Å². The van der Waals surface area contributed by atoms with E-state index in [1.54, 1.807) is 30.3 Å². The Morgan fingerprint density at radius 3 is 2.47 bits per heavy atom. The summed E-state index contributed by atoms with van der Waals surface area (Å²) in [6, 6.07) is 19.3. The van der Waals surface area contributed by atoms with Gasteiger partial charge in [-0.3, -0.25) is 0 Å². The van der Waals surface area contributed by atoms with Crippen molar-refractivity contribution >= 4 is 0 Å². The molecule has 2 nitrogen and oxygen atoms in total. The second-order valence-electron chi connectivity index (χ2n) is 2.98. The summed E-state index contributed by atoms with van der Waals surface area (Å²) in [4.78, 5) is 0. The van der Waals surface area contributed by atoms with Crippen molar-refractivity contribution in [3.63, 3.8) is 0 Å². The number of nitrogens with zero attached hydrogens (tertiary/aromatic N) is 1. The van der Waals surface area contributed by atoms with Crippen LogP contribution in [0.2, 0.25) is 0 Å². The molecule has 0 aliphatic rings. The zero-order chi connectivity index (χ0) is 10.5. The highest BCUT2D eigenvalue weighted by molar-refractivity contribution is 5.37. The average molecular weight is 194 g/mol. The lowest BCUT2D eigenvalue weighted by atomic mass is 10.2. The molecule has 0 aromatic heterocycles. The lowest BCUT2D eigenvalue weighted by Crippen LogP contribution is -1.83. The molecule has 0 heterocycles. The largest absolute Gasteiger partial charge is 0.457 e. The molecule has 0 aliphatic heterocycles. The minimum Gasteiger partial charge on any atom is -0.457 e. The Kier molecular flexibility index (Phi) is 2.66. The molecule has 71 valence electrons. The summed E-state index contributed by atoms with van der Waals surface area (Å²) in [7, 11) is 0. The third-order valence-electron chi connectivity index (χ3n) is 1.90. The fraction of sp³-hybridized carbons (Fsp3) is 0. The molecule has 0 bridgehead atoms. The van der Waals surface area contributed by atoms with Crippen LogP contribution in [0.15, 0.2) is 48.5 Å². The maximum atomic E-state index is 8.62. The number of hydrogen-bond donors (Lipinski definition) is 0. The van der Waals surface area contributed by atoms with Crippen molar-refractivity contribution in [3.05, 3.63) is 60.2 Å². The first-order valence-electron chi connectivity index (χ1n) is 4.52. The standard InChI is InChI=1S/C13H8NO/c14-10-11-6-8-13(9-7-11)15-12-4-2-1-3-5-12/h1-2,4-9H. The first-order chi connectivity index (χ1) is 7.38. The monoisotopic (exact) mass is 194 g/mol. The Labute approximate surface area is 88.4 Å². The minimum absolute atomic E-state index is 0.627. The predicted molar refractivity (Wildman–Crippen MR) is 56.5 cm³/mol. The molecular weight excluding hydrogens is 186 g/mol. The molecule has 0 saturated heterocycles. The molecule has 0 spiro atoms. The van der Waals surface area contributed by atoms with E-state index in [0.717, 1.165) is 5.75 Å². The van der Waals surface area contributed by atoms with Crippen LogP contribution in [0.25, 0.3) is 0 Å². The molecule has 2 heteroatoms. The summed E-state index contributed by atoms with van der Waals surface area (Å²) >= 11 is 0. The lowest BCUT2D eigenvalue weighted by molar-refractivity contribution is 0.482. The number of nitriles is 1. The smallest absolute Gasteiger partial charge is 0.128 e. The molecule has 0 fully saturated rings. The van der Waals surface area contributed by atoms with E-state index in [-0.39, 0.29) is 0 Å². The Morgan fingerprint density at radius 2 is 1.87 bits per heavy atom. The molecule has 2 aromatic carbocycles. The second kappa shape index (κ2) is 4.30. The molecule has 2 rings (SSSR count). The highest BCUT2D eigenvalue weighted by Crippen LogP contribution is 2.20. The van der Waals surface area contributed by atoms with Crippen LogP contribution in [-0.2, 0) is 0 Å². The van der Waals surface area contributed by atoms with Gasteiger partial charge in [-0.15, -0.1) is 0 Å². The molecule has 2 aromatic rings. The molecule has 0 aliphatic carbocycles. The summed E-state index contributed by atoms with van der Waals surface area (Å²) in [6.07, 6.45) is 0. The molecule has 0 saturated carbocycles. The summed E-state index contributed by atoms with van der Waals surface area (Å²) in [5, 5.41) is 8.62. The van der Waals surface area contributed by atoms with Gasteiger partial charge >= 0.3 is 0 Å². The van der Waals surface area contributed by atoms with Crippen LogP contribution in [-0.4, -0.2) is 0 Å². The van der Waals surface area contributed by atoms with Crippen LogP contribution in [0.3, 0.4) is 0 Å². The van der Waals surface area contributed by atoms with E-state index in [9.17, 15) is 0 Å². The van der Waals surface area contributed by atoms with Gasteiger partial charge in [0.15, 0.2) is 0 Å². The van der Waals surface area contributed by atoms with Gasteiger partial charge in [0.25, 0.3) is 0 Å². The summed E-state index contributed by atoms with van der Waals surface area (Å²) in [6.45, 7) is 0. The van der Waals surface area contributed by atoms with Crippen LogP contribution in [0.5, 0.6) is 11.5 Å². The van der Waals surface area contributed by atoms with E-state index < -0.39 is 0 Å². The summed E-state index contributed by atoms with van der Waals surface area (Å²) in [5.41, 5.74) is 0.627. The fourth-order valence-electron chi connectivity index (χ4n) is 1.17. The van der Waals surface area contributed by atoms with E-state index >= 15 is 0 Å². The zero-order valence-electron chi connectivity index (χ0n) is 7.97. The van der Waals surface area contributed by atoms with Gasteiger partial charge in [-0.1, -0.05) is 12.1 Å². The Morgan fingerprint density at radius 1 is 1.07 bits per heavy atom. The minimum atomic E-state index is 0.627. The van der Waals surface area contributed by atoms with Gasteiger partial charge in [0.1, 0.15) is 11.5 Å². The van der Waals surface area contributed by atoms with E-state index in [1.807, 2.05) is 18.2 Å². The van der Waals surface area contributed by atoms with Crippen molar-refractivity contribution < 1.29 is 4.74 Å².